The number of nitro benzene ring substituents is 1. The first-order valence-corrected chi connectivity index (χ1v) is 12.5. The zero-order chi connectivity index (χ0) is 22.6. The van der Waals surface area contributed by atoms with Crippen LogP contribution in [0.5, 0.6) is 5.75 Å². The van der Waals surface area contributed by atoms with Crippen molar-refractivity contribution in [3.8, 4) is 5.75 Å². The highest BCUT2D eigenvalue weighted by atomic mass is 32.4. The van der Waals surface area contributed by atoms with Crippen LogP contribution in [-0.2, 0) is 11.8 Å². The second kappa shape index (κ2) is 9.22. The molecular weight excluding hydrogens is 441 g/mol. The summed E-state index contributed by atoms with van der Waals surface area (Å²) in [6.45, 7) is 0. The number of hydrogen-bond acceptors (Lipinski definition) is 6. The lowest BCUT2D eigenvalue weighted by Gasteiger charge is -2.24. The van der Waals surface area contributed by atoms with Gasteiger partial charge >= 0.3 is 0 Å². The quantitative estimate of drug-likeness (QED) is 0.179. The van der Waals surface area contributed by atoms with E-state index in [1.54, 1.807) is 12.1 Å². The number of phenols is 1. The van der Waals surface area contributed by atoms with Gasteiger partial charge in [-0.3, -0.25) is 10.1 Å². The zero-order valence-electron chi connectivity index (χ0n) is 16.8. The van der Waals surface area contributed by atoms with Crippen LogP contribution in [0.1, 0.15) is 0 Å². The van der Waals surface area contributed by atoms with Gasteiger partial charge in [0.2, 0.25) is 0 Å². The second-order valence-electron chi connectivity index (χ2n) is 6.93. The molecule has 0 saturated heterocycles. The predicted octanol–water partition coefficient (Wildman–Crippen LogP) is 5.47. The van der Waals surface area contributed by atoms with Gasteiger partial charge in [-0.15, -0.1) is 5.11 Å². The fraction of sp³-hybridized carbons (Fsp3) is 0. The topological polar surface area (TPSA) is 88.1 Å². The predicted molar refractivity (Wildman–Crippen MR) is 131 cm³/mol. The van der Waals surface area contributed by atoms with Crippen molar-refractivity contribution in [1.29, 1.82) is 0 Å². The van der Waals surface area contributed by atoms with E-state index in [2.05, 4.69) is 10.2 Å². The summed E-state index contributed by atoms with van der Waals surface area (Å²) in [7, 11) is 0. The summed E-state index contributed by atoms with van der Waals surface area (Å²) in [6.07, 6.45) is 0. The van der Waals surface area contributed by atoms with Crippen LogP contribution in [0.4, 0.5) is 17.1 Å². The van der Waals surface area contributed by atoms with Gasteiger partial charge < -0.3 is 5.11 Å². The molecule has 0 spiro atoms. The maximum atomic E-state index is 10.8. The van der Waals surface area contributed by atoms with E-state index in [0.717, 1.165) is 15.9 Å². The second-order valence-corrected chi connectivity index (χ2v) is 11.3. The van der Waals surface area contributed by atoms with Crippen LogP contribution >= 0.6 is 6.04 Å². The van der Waals surface area contributed by atoms with Crippen molar-refractivity contribution in [2.24, 2.45) is 10.2 Å². The van der Waals surface area contributed by atoms with Crippen molar-refractivity contribution in [2.45, 2.75) is 0 Å². The van der Waals surface area contributed by atoms with Crippen molar-refractivity contribution >= 4 is 50.8 Å². The molecule has 6 nitrogen and oxygen atoms in total. The van der Waals surface area contributed by atoms with Gasteiger partial charge in [0.1, 0.15) is 11.4 Å². The number of azo groups is 1. The van der Waals surface area contributed by atoms with Gasteiger partial charge in [-0.1, -0.05) is 72.5 Å². The Bertz CT molecular complexity index is 1280. The molecule has 0 unspecified atom stereocenters. The highest BCUT2D eigenvalue weighted by molar-refractivity contribution is 8.25. The SMILES string of the molecule is O=[N+]([O-])c1ccc(N=Nc2cc(P(=S)(c3ccccc3)c3ccccc3)ccc2O)cc1. The van der Waals surface area contributed by atoms with E-state index in [1.807, 2.05) is 66.7 Å². The van der Waals surface area contributed by atoms with Crippen LogP contribution in [0.3, 0.4) is 0 Å². The third kappa shape index (κ3) is 4.35. The zero-order valence-corrected chi connectivity index (χ0v) is 18.5. The third-order valence-corrected chi connectivity index (χ3v) is 9.85. The first-order valence-electron chi connectivity index (χ1n) is 9.69. The number of benzene rings is 4. The van der Waals surface area contributed by atoms with Crippen molar-refractivity contribution in [3.05, 3.63) is 113 Å². The molecule has 0 aliphatic carbocycles. The third-order valence-electron chi connectivity index (χ3n) is 4.90. The van der Waals surface area contributed by atoms with E-state index in [9.17, 15) is 15.2 Å². The van der Waals surface area contributed by atoms with Crippen molar-refractivity contribution in [2.75, 3.05) is 0 Å². The Labute approximate surface area is 190 Å². The molecule has 0 radical (unpaired) electrons. The largest absolute Gasteiger partial charge is 0.506 e. The number of rotatable bonds is 6. The Morgan fingerprint density at radius 3 is 1.84 bits per heavy atom. The Hall–Kier alpha value is -3.67. The van der Waals surface area contributed by atoms with Gasteiger partial charge in [-0.05, 0) is 46.2 Å². The first kappa shape index (κ1) is 21.6. The highest BCUT2D eigenvalue weighted by Crippen LogP contribution is 2.44. The summed E-state index contributed by atoms with van der Waals surface area (Å²) in [6, 6.07) is 28.4. The minimum atomic E-state index is -2.39. The summed E-state index contributed by atoms with van der Waals surface area (Å²) >= 11 is 6.31. The Balaban J connectivity index is 1.77. The van der Waals surface area contributed by atoms with E-state index < -0.39 is 11.0 Å². The highest BCUT2D eigenvalue weighted by Gasteiger charge is 2.25. The van der Waals surface area contributed by atoms with Crippen molar-refractivity contribution in [3.63, 3.8) is 0 Å². The van der Waals surface area contributed by atoms with Gasteiger partial charge in [0.05, 0.1) is 10.6 Å². The van der Waals surface area contributed by atoms with Crippen LogP contribution in [0.15, 0.2) is 113 Å². The number of nitrogens with zero attached hydrogens (tertiary/aromatic N) is 3. The van der Waals surface area contributed by atoms with Gasteiger partial charge in [0.15, 0.2) is 0 Å². The van der Waals surface area contributed by atoms with Crippen LogP contribution < -0.4 is 15.9 Å². The molecule has 0 aliphatic rings. The molecule has 0 aromatic heterocycles. The van der Waals surface area contributed by atoms with E-state index >= 15 is 0 Å². The Morgan fingerprint density at radius 1 is 0.750 bits per heavy atom. The molecule has 1 N–H and O–H groups in total. The molecule has 0 aliphatic heterocycles. The minimum Gasteiger partial charge on any atom is -0.506 e. The van der Waals surface area contributed by atoms with Crippen LogP contribution in [0.2, 0.25) is 0 Å². The van der Waals surface area contributed by atoms with Gasteiger partial charge in [-0.25, -0.2) is 0 Å². The van der Waals surface area contributed by atoms with Crippen molar-refractivity contribution < 1.29 is 10.0 Å². The number of aromatic hydroxyl groups is 1. The van der Waals surface area contributed by atoms with Gasteiger partial charge in [0.25, 0.3) is 5.69 Å². The molecule has 0 fully saturated rings. The average Bonchev–Trinajstić information content (AvgIpc) is 2.84. The molecule has 0 heterocycles. The van der Waals surface area contributed by atoms with Crippen molar-refractivity contribution in [1.82, 2.24) is 0 Å². The Kier molecular flexibility index (Phi) is 6.21. The molecule has 32 heavy (non-hydrogen) atoms. The monoisotopic (exact) mass is 459 g/mol. The fourth-order valence-corrected chi connectivity index (χ4v) is 7.00. The van der Waals surface area contributed by atoms with Gasteiger partial charge in [0, 0.05) is 18.2 Å². The molecule has 4 aromatic carbocycles. The lowest BCUT2D eigenvalue weighted by atomic mass is 10.3. The molecule has 4 rings (SSSR count). The molecule has 158 valence electrons. The molecule has 8 heteroatoms. The molecule has 0 saturated carbocycles. The standard InChI is InChI=1S/C24H18N3O3PS/c28-24-16-15-22(17-23(24)26-25-18-11-13-19(14-12-18)27(29)30)31(32,20-7-3-1-4-8-20)21-9-5-2-6-10-21/h1-17,28H. The summed E-state index contributed by atoms with van der Waals surface area (Å²) < 4.78 is 0. The lowest BCUT2D eigenvalue weighted by Crippen LogP contribution is -2.24. The maximum absolute atomic E-state index is 10.8. The fourth-order valence-electron chi connectivity index (χ4n) is 3.26. The Morgan fingerprint density at radius 2 is 1.31 bits per heavy atom. The summed E-state index contributed by atoms with van der Waals surface area (Å²) in [5.41, 5.74) is 0.688. The normalized spacial score (nSPS) is 11.5. The molecule has 4 aromatic rings. The maximum Gasteiger partial charge on any atom is 0.269 e. The summed E-state index contributed by atoms with van der Waals surface area (Å²) in [5, 5.41) is 32.4. The van der Waals surface area contributed by atoms with Crippen LogP contribution in [0, 0.1) is 10.1 Å². The van der Waals surface area contributed by atoms with E-state index in [0.29, 0.717) is 5.69 Å². The summed E-state index contributed by atoms with van der Waals surface area (Å²) in [4.78, 5) is 10.3. The van der Waals surface area contributed by atoms with Crippen LogP contribution in [-0.4, -0.2) is 10.0 Å². The molecule has 0 bridgehead atoms. The van der Waals surface area contributed by atoms with E-state index in [4.69, 9.17) is 11.8 Å². The minimum absolute atomic E-state index is 0.0258. The van der Waals surface area contributed by atoms with Crippen LogP contribution in [0.25, 0.3) is 0 Å². The number of phenolic OH excluding ortho intramolecular Hbond substituents is 1. The first-order chi connectivity index (χ1) is 15.5. The molecule has 0 atom stereocenters. The van der Waals surface area contributed by atoms with E-state index in [1.165, 1.54) is 24.3 Å². The molecule has 0 amide bonds. The van der Waals surface area contributed by atoms with E-state index in [-0.39, 0.29) is 17.1 Å². The smallest absolute Gasteiger partial charge is 0.269 e. The average molecular weight is 459 g/mol. The molecular formula is C24H18N3O3PS. The number of hydrogen-bond donors (Lipinski definition) is 1. The summed E-state index contributed by atoms with van der Waals surface area (Å²) in [5.74, 6) is -0.0258. The number of non-ortho nitro benzene ring substituents is 1. The lowest BCUT2D eigenvalue weighted by molar-refractivity contribution is -0.384. The van der Waals surface area contributed by atoms with Gasteiger partial charge in [-0.2, -0.15) is 5.11 Å². The number of nitro groups is 1.